The van der Waals surface area contributed by atoms with E-state index in [4.69, 9.17) is 11.5 Å². The summed E-state index contributed by atoms with van der Waals surface area (Å²) in [6, 6.07) is 15.9. The number of piperazine rings is 1. The highest BCUT2D eigenvalue weighted by Crippen LogP contribution is 2.21. The molecule has 6 nitrogen and oxygen atoms in total. The van der Waals surface area contributed by atoms with E-state index in [0.717, 1.165) is 39.3 Å². The van der Waals surface area contributed by atoms with E-state index in [9.17, 15) is 4.79 Å². The van der Waals surface area contributed by atoms with Crippen LogP contribution in [0.25, 0.3) is 0 Å². The van der Waals surface area contributed by atoms with E-state index in [2.05, 4.69) is 39.4 Å². The van der Waals surface area contributed by atoms with Crippen LogP contribution >= 0.6 is 0 Å². The quantitative estimate of drug-likeness (QED) is 0.696. The molecule has 6 heteroatoms. The lowest BCUT2D eigenvalue weighted by atomic mass is 10.1. The number of hydrogen-bond donors (Lipinski definition) is 3. The van der Waals surface area contributed by atoms with Crippen molar-refractivity contribution in [2.45, 2.75) is 0 Å². The van der Waals surface area contributed by atoms with E-state index in [-0.39, 0.29) is 0 Å². The van der Waals surface area contributed by atoms with E-state index >= 15 is 0 Å². The van der Waals surface area contributed by atoms with Gasteiger partial charge in [0.25, 0.3) is 5.91 Å². The minimum Gasteiger partial charge on any atom is -0.398 e. The third-order valence-electron chi connectivity index (χ3n) is 4.58. The van der Waals surface area contributed by atoms with Gasteiger partial charge in [-0.3, -0.25) is 9.69 Å². The molecule has 1 fully saturated rings. The second kappa shape index (κ2) is 7.90. The van der Waals surface area contributed by atoms with Gasteiger partial charge in [0.05, 0.1) is 5.56 Å². The fraction of sp³-hybridized carbons (Fsp3) is 0.316. The van der Waals surface area contributed by atoms with Crippen LogP contribution in [-0.2, 0) is 0 Å². The number of anilines is 3. The molecular weight excluding hydrogens is 314 g/mol. The number of carbonyl (C=O) groups is 1. The molecule has 0 bridgehead atoms. The van der Waals surface area contributed by atoms with Crippen molar-refractivity contribution in [2.75, 3.05) is 55.2 Å². The van der Waals surface area contributed by atoms with Crippen LogP contribution < -0.4 is 21.7 Å². The summed E-state index contributed by atoms with van der Waals surface area (Å²) in [6.45, 7) is 5.75. The van der Waals surface area contributed by atoms with Gasteiger partial charge in [0.2, 0.25) is 0 Å². The van der Waals surface area contributed by atoms with Crippen molar-refractivity contribution in [1.82, 2.24) is 4.90 Å². The third kappa shape index (κ3) is 4.22. The molecule has 2 aromatic rings. The van der Waals surface area contributed by atoms with Crippen LogP contribution in [0.15, 0.2) is 48.5 Å². The molecule has 3 rings (SSSR count). The number of primary amides is 1. The van der Waals surface area contributed by atoms with Gasteiger partial charge in [-0.1, -0.05) is 24.3 Å². The molecule has 0 aromatic heterocycles. The van der Waals surface area contributed by atoms with Crippen molar-refractivity contribution in [3.05, 3.63) is 54.1 Å². The molecule has 2 aromatic carbocycles. The first-order valence-electron chi connectivity index (χ1n) is 8.59. The molecule has 1 saturated heterocycles. The van der Waals surface area contributed by atoms with Crippen LogP contribution in [0.2, 0.25) is 0 Å². The summed E-state index contributed by atoms with van der Waals surface area (Å²) >= 11 is 0. The molecule has 1 aliphatic rings. The monoisotopic (exact) mass is 339 g/mol. The smallest absolute Gasteiger partial charge is 0.252 e. The Hall–Kier alpha value is -2.73. The molecule has 132 valence electrons. The zero-order valence-electron chi connectivity index (χ0n) is 14.3. The van der Waals surface area contributed by atoms with Gasteiger partial charge >= 0.3 is 0 Å². The van der Waals surface area contributed by atoms with Crippen LogP contribution in [0.5, 0.6) is 0 Å². The van der Waals surface area contributed by atoms with Crippen molar-refractivity contribution < 1.29 is 4.79 Å². The fourth-order valence-electron chi connectivity index (χ4n) is 3.21. The highest BCUT2D eigenvalue weighted by Gasteiger charge is 2.17. The van der Waals surface area contributed by atoms with Crippen molar-refractivity contribution >= 4 is 23.0 Å². The van der Waals surface area contributed by atoms with Crippen LogP contribution in [0.3, 0.4) is 0 Å². The number of nitrogen functional groups attached to an aromatic ring is 1. The summed E-state index contributed by atoms with van der Waals surface area (Å²) < 4.78 is 0. The van der Waals surface area contributed by atoms with Crippen molar-refractivity contribution in [1.29, 1.82) is 0 Å². The maximum atomic E-state index is 11.6. The summed E-state index contributed by atoms with van der Waals surface area (Å²) in [6.07, 6.45) is 0. The van der Waals surface area contributed by atoms with Crippen molar-refractivity contribution in [3.8, 4) is 0 Å². The minimum absolute atomic E-state index is 0.372. The van der Waals surface area contributed by atoms with E-state index < -0.39 is 5.91 Å². The Morgan fingerprint density at radius 1 is 1.00 bits per heavy atom. The number of hydrogen-bond acceptors (Lipinski definition) is 5. The number of nitrogens with one attached hydrogen (secondary N) is 1. The molecule has 1 aliphatic heterocycles. The molecule has 0 unspecified atom stereocenters. The fourth-order valence-corrected chi connectivity index (χ4v) is 3.21. The molecule has 0 spiro atoms. The average Bonchev–Trinajstić information content (AvgIpc) is 2.63. The summed E-state index contributed by atoms with van der Waals surface area (Å²) in [5, 5.41) is 3.29. The van der Waals surface area contributed by atoms with Gasteiger partial charge in [0.15, 0.2) is 0 Å². The SMILES string of the molecule is NC(=O)c1c(N)cccc1NCCN1CCN(c2ccccc2)CC1. The van der Waals surface area contributed by atoms with Gasteiger partial charge in [-0.2, -0.15) is 0 Å². The summed E-state index contributed by atoms with van der Waals surface area (Å²) in [5.74, 6) is -0.503. The van der Waals surface area contributed by atoms with E-state index in [1.807, 2.05) is 18.2 Å². The lowest BCUT2D eigenvalue weighted by Gasteiger charge is -2.36. The zero-order chi connectivity index (χ0) is 17.6. The lowest BCUT2D eigenvalue weighted by molar-refractivity contribution is 0.100. The van der Waals surface area contributed by atoms with E-state index in [1.165, 1.54) is 5.69 Å². The molecule has 0 aliphatic carbocycles. The topological polar surface area (TPSA) is 87.6 Å². The van der Waals surface area contributed by atoms with Gasteiger partial charge in [-0.25, -0.2) is 0 Å². The Kier molecular flexibility index (Phi) is 5.40. The lowest BCUT2D eigenvalue weighted by Crippen LogP contribution is -2.47. The number of benzene rings is 2. The van der Waals surface area contributed by atoms with E-state index in [0.29, 0.717) is 16.9 Å². The maximum Gasteiger partial charge on any atom is 0.252 e. The molecule has 5 N–H and O–H groups in total. The van der Waals surface area contributed by atoms with Gasteiger partial charge in [-0.05, 0) is 24.3 Å². The molecule has 0 atom stereocenters. The van der Waals surface area contributed by atoms with Gasteiger partial charge in [0, 0.05) is 56.3 Å². The number of carbonyl (C=O) groups excluding carboxylic acids is 1. The Bertz CT molecular complexity index is 711. The molecule has 1 amide bonds. The summed E-state index contributed by atoms with van der Waals surface area (Å²) in [7, 11) is 0. The van der Waals surface area contributed by atoms with Gasteiger partial charge < -0.3 is 21.7 Å². The first-order chi connectivity index (χ1) is 12.1. The Balaban J connectivity index is 1.48. The van der Waals surface area contributed by atoms with Crippen molar-refractivity contribution in [3.63, 3.8) is 0 Å². The van der Waals surface area contributed by atoms with Crippen molar-refractivity contribution in [2.24, 2.45) is 5.73 Å². The van der Waals surface area contributed by atoms with Crippen LogP contribution in [0, 0.1) is 0 Å². The Labute approximate surface area is 148 Å². The molecular formula is C19H25N5O. The predicted octanol–water partition coefficient (Wildman–Crippen LogP) is 1.60. The van der Waals surface area contributed by atoms with Gasteiger partial charge in [-0.15, -0.1) is 0 Å². The highest BCUT2D eigenvalue weighted by atomic mass is 16.1. The molecule has 1 heterocycles. The largest absolute Gasteiger partial charge is 0.398 e. The normalized spacial score (nSPS) is 15.1. The second-order valence-electron chi connectivity index (χ2n) is 6.23. The number of nitrogens with two attached hydrogens (primary N) is 2. The number of nitrogens with zero attached hydrogens (tertiary/aromatic N) is 2. The van der Waals surface area contributed by atoms with Gasteiger partial charge in [0.1, 0.15) is 0 Å². The molecule has 0 saturated carbocycles. The standard InChI is InChI=1S/C19H25N5O/c20-16-7-4-8-17(18(16)19(21)25)22-9-10-23-11-13-24(14-12-23)15-5-2-1-3-6-15/h1-8,22H,9-14,20H2,(H2,21,25). The Morgan fingerprint density at radius 3 is 2.40 bits per heavy atom. The maximum absolute atomic E-state index is 11.6. The third-order valence-corrected chi connectivity index (χ3v) is 4.58. The average molecular weight is 339 g/mol. The van der Waals surface area contributed by atoms with Crippen LogP contribution in [-0.4, -0.2) is 50.1 Å². The van der Waals surface area contributed by atoms with Crippen LogP contribution in [0.1, 0.15) is 10.4 Å². The summed E-state index contributed by atoms with van der Waals surface area (Å²) in [4.78, 5) is 16.4. The first kappa shape index (κ1) is 17.1. The molecule has 0 radical (unpaired) electrons. The number of rotatable bonds is 6. The zero-order valence-corrected chi connectivity index (χ0v) is 14.3. The predicted molar refractivity (Wildman–Crippen MR) is 103 cm³/mol. The van der Waals surface area contributed by atoms with Crippen LogP contribution in [0.4, 0.5) is 17.1 Å². The minimum atomic E-state index is -0.503. The second-order valence-corrected chi connectivity index (χ2v) is 6.23. The summed E-state index contributed by atoms with van der Waals surface area (Å²) in [5.41, 5.74) is 14.0. The van der Waals surface area contributed by atoms with E-state index in [1.54, 1.807) is 6.07 Å². The molecule has 25 heavy (non-hydrogen) atoms. The number of para-hydroxylation sites is 1. The Morgan fingerprint density at radius 2 is 1.72 bits per heavy atom. The number of amides is 1. The highest BCUT2D eigenvalue weighted by molar-refractivity contribution is 6.03. The first-order valence-corrected chi connectivity index (χ1v) is 8.59.